The largest absolute Gasteiger partial charge is 0.506 e. The van der Waals surface area contributed by atoms with Crippen LogP contribution in [0.5, 0.6) is 5.75 Å². The van der Waals surface area contributed by atoms with Gasteiger partial charge in [0.25, 0.3) is 0 Å². The summed E-state index contributed by atoms with van der Waals surface area (Å²) in [7, 11) is -8.83. The second-order valence-electron chi connectivity index (χ2n) is 14.7. The molecule has 1 aliphatic rings. The number of phenols is 1. The lowest BCUT2D eigenvalue weighted by Gasteiger charge is -2.24. The molecule has 5 aromatic carbocycles. The number of phenolic OH excluding ortho intramolecular Hbond substituents is 1. The topological polar surface area (TPSA) is 130 Å². The van der Waals surface area contributed by atoms with Gasteiger partial charge in [-0.2, -0.15) is 0 Å². The maximum atomic E-state index is 14.6. The molecule has 0 fully saturated rings. The summed E-state index contributed by atoms with van der Waals surface area (Å²) in [6.45, 7) is 12.1. The average Bonchev–Trinajstić information content (AvgIpc) is 3.10. The predicted molar refractivity (Wildman–Crippen MR) is 206 cm³/mol. The third-order valence-electron chi connectivity index (χ3n) is 8.94. The molecule has 0 radical (unpaired) electrons. The van der Waals surface area contributed by atoms with Crippen molar-refractivity contribution in [1.82, 2.24) is 0 Å². The zero-order valence-corrected chi connectivity index (χ0v) is 31.4. The van der Waals surface area contributed by atoms with Crippen molar-refractivity contribution in [2.45, 2.75) is 67.1 Å². The number of hydrogen-bond acceptors (Lipinski definition) is 8. The number of nitrogens with zero attached hydrogens (tertiary/aromatic N) is 1. The Balaban J connectivity index is 1.62. The molecular weight excluding hydrogens is 693 g/mol. The van der Waals surface area contributed by atoms with Crippen LogP contribution in [-0.2, 0) is 30.5 Å². The minimum Gasteiger partial charge on any atom is -0.506 e. The van der Waals surface area contributed by atoms with Gasteiger partial charge in [0.15, 0.2) is 0 Å². The molecule has 2 N–H and O–H groups in total. The molecule has 0 spiro atoms. The summed E-state index contributed by atoms with van der Waals surface area (Å²) in [5.74, 6) is -1.65. The molecule has 0 aromatic heterocycles. The fraction of sp³-hybridized carbons (Fsp3) is 0.190. The number of fused-ring (bicyclic) bond motifs is 1. The van der Waals surface area contributed by atoms with E-state index in [-0.39, 0.29) is 43.1 Å². The van der Waals surface area contributed by atoms with Crippen molar-refractivity contribution >= 4 is 48.2 Å². The van der Waals surface area contributed by atoms with Gasteiger partial charge in [-0.1, -0.05) is 102 Å². The van der Waals surface area contributed by atoms with Crippen LogP contribution in [0.15, 0.2) is 146 Å². The van der Waals surface area contributed by atoms with E-state index in [0.29, 0.717) is 11.4 Å². The molecule has 0 amide bonds. The predicted octanol–water partition coefficient (Wildman–Crippen LogP) is 9.24. The molecule has 0 unspecified atom stereocenters. The highest BCUT2D eigenvalue weighted by atomic mass is 32.2. The minimum atomic E-state index is -4.44. The van der Waals surface area contributed by atoms with Crippen LogP contribution in [0, 0.1) is 0 Å². The highest BCUT2D eigenvalue weighted by molar-refractivity contribution is 7.96. The van der Waals surface area contributed by atoms with Crippen molar-refractivity contribution in [3.63, 3.8) is 0 Å². The zero-order valence-electron chi connectivity index (χ0n) is 29.8. The Kier molecular flexibility index (Phi) is 9.36. The van der Waals surface area contributed by atoms with Gasteiger partial charge in [0.2, 0.25) is 25.5 Å². The SMILES string of the molecule is CC(C)(C)c1ccc(S(=O)(=O)C2=CC(=Nc3ccccc3)c3c(O)c(S(=O)(=O)c4ccc(C(C)(C)C)cc4)cc(Nc4ccccc4)c3C2=O)cc1. The molecule has 0 saturated heterocycles. The van der Waals surface area contributed by atoms with Crippen LogP contribution in [0.25, 0.3) is 0 Å². The minimum absolute atomic E-state index is 0.0153. The number of benzene rings is 5. The summed E-state index contributed by atoms with van der Waals surface area (Å²) in [6.07, 6.45) is 1.12. The number of Topliss-reactive ketones (excluding diaryl/α,β-unsaturated/α-hetero) is 1. The van der Waals surface area contributed by atoms with Crippen molar-refractivity contribution in [2.75, 3.05) is 5.32 Å². The van der Waals surface area contributed by atoms with Gasteiger partial charge >= 0.3 is 0 Å². The van der Waals surface area contributed by atoms with E-state index in [0.717, 1.165) is 17.2 Å². The number of ketones is 1. The van der Waals surface area contributed by atoms with Crippen molar-refractivity contribution in [3.05, 3.63) is 148 Å². The maximum absolute atomic E-state index is 14.6. The van der Waals surface area contributed by atoms with E-state index >= 15 is 0 Å². The summed E-state index contributed by atoms with van der Waals surface area (Å²) in [6, 6.07) is 31.3. The molecule has 0 saturated carbocycles. The Labute approximate surface area is 305 Å². The number of para-hydroxylation sites is 2. The third-order valence-corrected chi connectivity index (χ3v) is 12.5. The number of nitrogens with one attached hydrogen (secondary N) is 1. The van der Waals surface area contributed by atoms with E-state index in [9.17, 15) is 26.7 Å². The van der Waals surface area contributed by atoms with E-state index in [1.165, 1.54) is 30.3 Å². The van der Waals surface area contributed by atoms with Gasteiger partial charge in [0.05, 0.1) is 38.0 Å². The lowest BCUT2D eigenvalue weighted by Crippen LogP contribution is -2.25. The van der Waals surface area contributed by atoms with Crippen LogP contribution in [0.3, 0.4) is 0 Å². The molecule has 8 nitrogen and oxygen atoms in total. The van der Waals surface area contributed by atoms with Crippen LogP contribution in [0.1, 0.15) is 68.6 Å². The van der Waals surface area contributed by atoms with Gasteiger partial charge < -0.3 is 10.4 Å². The third kappa shape index (κ3) is 6.96. The molecule has 52 heavy (non-hydrogen) atoms. The van der Waals surface area contributed by atoms with Crippen LogP contribution < -0.4 is 5.32 Å². The molecule has 266 valence electrons. The second-order valence-corrected chi connectivity index (χ2v) is 18.6. The molecule has 0 aliphatic heterocycles. The van der Waals surface area contributed by atoms with Crippen LogP contribution in [-0.4, -0.2) is 33.4 Å². The number of carbonyl (C=O) groups excluding carboxylic acids is 1. The van der Waals surface area contributed by atoms with E-state index in [2.05, 4.69) is 10.3 Å². The highest BCUT2D eigenvalue weighted by Crippen LogP contribution is 2.44. The number of carbonyl (C=O) groups is 1. The first-order valence-electron chi connectivity index (χ1n) is 16.7. The molecule has 6 rings (SSSR count). The molecule has 5 aromatic rings. The maximum Gasteiger partial charge on any atom is 0.210 e. The normalized spacial score (nSPS) is 14.5. The van der Waals surface area contributed by atoms with Gasteiger partial charge in [0, 0.05) is 5.69 Å². The van der Waals surface area contributed by atoms with Gasteiger partial charge in [-0.15, -0.1) is 0 Å². The monoisotopic (exact) mass is 732 g/mol. The van der Waals surface area contributed by atoms with Crippen molar-refractivity contribution in [3.8, 4) is 5.75 Å². The standard InChI is InChI=1S/C42H40N2O6S2/c1-41(2,3)27-17-21-31(22-18-27)51(47,48)35-25-33(43-29-13-9-7-10-14-29)38-37(39(35)45)34(44-30-15-11-8-12-16-30)26-36(40(38)46)52(49,50)32-23-19-28(20-24-32)42(4,5)6/h7-26,43,45H,1-6H3. The Hall–Kier alpha value is -5.32. The first kappa shape index (κ1) is 36.5. The van der Waals surface area contributed by atoms with Gasteiger partial charge in [-0.3, -0.25) is 4.79 Å². The van der Waals surface area contributed by atoms with E-state index < -0.39 is 41.0 Å². The lowest BCUT2D eigenvalue weighted by atomic mass is 9.87. The molecule has 1 aliphatic carbocycles. The Bertz CT molecular complexity index is 2460. The number of aromatic hydroxyl groups is 1. The fourth-order valence-corrected chi connectivity index (χ4v) is 8.69. The molecule has 0 bridgehead atoms. The Morgan fingerprint density at radius 3 is 1.60 bits per heavy atom. The van der Waals surface area contributed by atoms with Crippen LogP contribution in [0.4, 0.5) is 17.1 Å². The number of hydrogen-bond donors (Lipinski definition) is 2. The Morgan fingerprint density at radius 2 is 1.10 bits per heavy atom. The van der Waals surface area contributed by atoms with Crippen molar-refractivity contribution in [2.24, 2.45) is 4.99 Å². The highest BCUT2D eigenvalue weighted by Gasteiger charge is 2.40. The number of rotatable bonds is 7. The summed E-state index contributed by atoms with van der Waals surface area (Å²) >= 11 is 0. The van der Waals surface area contributed by atoms with Crippen LogP contribution in [0.2, 0.25) is 0 Å². The summed E-state index contributed by atoms with van der Waals surface area (Å²) in [5, 5.41) is 15.1. The fourth-order valence-electron chi connectivity index (χ4n) is 5.95. The first-order valence-corrected chi connectivity index (χ1v) is 19.7. The number of aliphatic imine (C=N–C) groups is 1. The summed E-state index contributed by atoms with van der Waals surface area (Å²) < 4.78 is 57.3. The molecular formula is C42H40N2O6S2. The second kappa shape index (κ2) is 13.3. The molecule has 0 heterocycles. The van der Waals surface area contributed by atoms with Crippen LogP contribution >= 0.6 is 0 Å². The Morgan fingerprint density at radius 1 is 0.615 bits per heavy atom. The van der Waals surface area contributed by atoms with E-state index in [4.69, 9.17) is 0 Å². The van der Waals surface area contributed by atoms with Crippen molar-refractivity contribution in [1.29, 1.82) is 0 Å². The van der Waals surface area contributed by atoms with Crippen molar-refractivity contribution < 1.29 is 26.7 Å². The van der Waals surface area contributed by atoms with E-state index in [1.807, 2.05) is 41.5 Å². The summed E-state index contributed by atoms with van der Waals surface area (Å²) in [5.41, 5.74) is 1.70. The number of sulfone groups is 2. The van der Waals surface area contributed by atoms with Gasteiger partial charge in [-0.05, 0) is 82.6 Å². The molecule has 0 atom stereocenters. The first-order chi connectivity index (χ1) is 24.4. The molecule has 10 heteroatoms. The smallest absolute Gasteiger partial charge is 0.210 e. The average molecular weight is 733 g/mol. The van der Waals surface area contributed by atoms with E-state index in [1.54, 1.807) is 84.9 Å². The van der Waals surface area contributed by atoms with Gasteiger partial charge in [0.1, 0.15) is 15.6 Å². The number of anilines is 2. The zero-order chi connectivity index (χ0) is 37.6. The quantitative estimate of drug-likeness (QED) is 0.160. The summed E-state index contributed by atoms with van der Waals surface area (Å²) in [4.78, 5) is 18.1. The number of allylic oxidation sites excluding steroid dienone is 2. The van der Waals surface area contributed by atoms with Gasteiger partial charge in [-0.25, -0.2) is 21.8 Å². The lowest BCUT2D eigenvalue weighted by molar-refractivity contribution is 0.104.